The highest BCUT2D eigenvalue weighted by Crippen LogP contribution is 2.15. The summed E-state index contributed by atoms with van der Waals surface area (Å²) in [5.41, 5.74) is 1.21. The van der Waals surface area contributed by atoms with Gasteiger partial charge >= 0.3 is 0 Å². The molecule has 0 spiro atoms. The van der Waals surface area contributed by atoms with Gasteiger partial charge in [-0.05, 0) is 17.3 Å². The monoisotopic (exact) mass is 272 g/mol. The van der Waals surface area contributed by atoms with E-state index in [-0.39, 0.29) is 12.5 Å². The van der Waals surface area contributed by atoms with Gasteiger partial charge in [-0.3, -0.25) is 4.79 Å². The third-order valence-electron chi connectivity index (χ3n) is 3.42. The second kappa shape index (κ2) is 5.68. The fraction of sp³-hybridized carbons (Fsp3) is 0.385. The van der Waals surface area contributed by atoms with Crippen LogP contribution in [0.25, 0.3) is 0 Å². The molecule has 1 fully saturated rings. The third kappa shape index (κ3) is 2.76. The van der Waals surface area contributed by atoms with Crippen molar-refractivity contribution >= 4 is 11.6 Å². The number of rotatable bonds is 3. The minimum Gasteiger partial charge on any atom is -0.368 e. The summed E-state index contributed by atoms with van der Waals surface area (Å²) in [6.45, 7) is 3.30. The van der Waals surface area contributed by atoms with Gasteiger partial charge in [0.05, 0.1) is 0 Å². The lowest BCUT2D eigenvalue weighted by Crippen LogP contribution is -2.49. The number of hydrogen-bond donors (Lipinski definition) is 0. The minimum absolute atomic E-state index is 0.0377. The minimum atomic E-state index is 0.0377. The van der Waals surface area contributed by atoms with Crippen molar-refractivity contribution in [1.82, 2.24) is 25.1 Å². The molecule has 0 radical (unpaired) electrons. The Bertz CT molecular complexity index is 548. The van der Waals surface area contributed by atoms with E-state index in [1.807, 2.05) is 23.1 Å². The van der Waals surface area contributed by atoms with Crippen molar-refractivity contribution in [3.63, 3.8) is 0 Å². The molecule has 104 valence electrons. The van der Waals surface area contributed by atoms with E-state index < -0.39 is 0 Å². The van der Waals surface area contributed by atoms with Crippen LogP contribution in [-0.4, -0.2) is 57.2 Å². The van der Waals surface area contributed by atoms with Crippen molar-refractivity contribution in [2.24, 2.45) is 0 Å². The first-order valence-electron chi connectivity index (χ1n) is 6.61. The number of aromatic nitrogens is 4. The normalized spacial score (nSPS) is 15.4. The molecule has 0 unspecified atom stereocenters. The molecule has 1 aromatic carbocycles. The summed E-state index contributed by atoms with van der Waals surface area (Å²) in [6, 6.07) is 10.3. The van der Waals surface area contributed by atoms with Gasteiger partial charge < -0.3 is 9.80 Å². The molecule has 7 heteroatoms. The average Bonchev–Trinajstić information content (AvgIpc) is 3.01. The lowest BCUT2D eigenvalue weighted by Gasteiger charge is -2.36. The van der Waals surface area contributed by atoms with Gasteiger partial charge in [-0.1, -0.05) is 18.2 Å². The molecule has 20 heavy (non-hydrogen) atoms. The van der Waals surface area contributed by atoms with Crippen molar-refractivity contribution in [3.8, 4) is 0 Å². The smallest absolute Gasteiger partial charge is 0.246 e. The number of piperazine rings is 1. The summed E-state index contributed by atoms with van der Waals surface area (Å²) in [5, 5.41) is 11.2. The van der Waals surface area contributed by atoms with E-state index in [1.54, 1.807) is 0 Å². The van der Waals surface area contributed by atoms with Crippen molar-refractivity contribution in [3.05, 3.63) is 36.7 Å². The standard InChI is InChI=1S/C13H16N6O/c20-13(10-19-15-11-14-16-19)18-8-6-17(7-9-18)12-4-2-1-3-5-12/h1-5,11H,6-10H2. The molecule has 0 saturated carbocycles. The SMILES string of the molecule is O=C(Cn1ncnn1)N1CCN(c2ccccc2)CC1. The van der Waals surface area contributed by atoms with Crippen molar-refractivity contribution in [2.45, 2.75) is 6.54 Å². The van der Waals surface area contributed by atoms with E-state index in [9.17, 15) is 4.79 Å². The first-order valence-corrected chi connectivity index (χ1v) is 6.61. The van der Waals surface area contributed by atoms with E-state index in [0.717, 1.165) is 26.2 Å². The molecular weight excluding hydrogens is 256 g/mol. The van der Waals surface area contributed by atoms with Crippen LogP contribution in [0.15, 0.2) is 36.7 Å². The van der Waals surface area contributed by atoms with Gasteiger partial charge in [0.2, 0.25) is 5.91 Å². The Hall–Kier alpha value is -2.44. The van der Waals surface area contributed by atoms with Crippen LogP contribution >= 0.6 is 0 Å². The topological polar surface area (TPSA) is 67.2 Å². The molecule has 1 aliphatic heterocycles. The summed E-state index contributed by atoms with van der Waals surface area (Å²) < 4.78 is 0. The van der Waals surface area contributed by atoms with Gasteiger partial charge in [-0.15, -0.1) is 10.2 Å². The summed E-state index contributed by atoms with van der Waals surface area (Å²) in [5.74, 6) is 0.0377. The van der Waals surface area contributed by atoms with E-state index in [2.05, 4.69) is 32.4 Å². The molecule has 2 aromatic rings. The molecule has 2 heterocycles. The Morgan fingerprint density at radius 3 is 2.50 bits per heavy atom. The van der Waals surface area contributed by atoms with Crippen LogP contribution in [0.4, 0.5) is 5.69 Å². The predicted molar refractivity (Wildman–Crippen MR) is 73.1 cm³/mol. The van der Waals surface area contributed by atoms with Gasteiger partial charge in [-0.2, -0.15) is 4.80 Å². The van der Waals surface area contributed by atoms with Crippen LogP contribution in [0.2, 0.25) is 0 Å². The van der Waals surface area contributed by atoms with Gasteiger partial charge in [0.1, 0.15) is 6.54 Å². The van der Waals surface area contributed by atoms with Crippen molar-refractivity contribution in [1.29, 1.82) is 0 Å². The van der Waals surface area contributed by atoms with Crippen molar-refractivity contribution < 1.29 is 4.79 Å². The Labute approximate surface area is 116 Å². The molecule has 7 nitrogen and oxygen atoms in total. The highest BCUT2D eigenvalue weighted by atomic mass is 16.2. The zero-order chi connectivity index (χ0) is 13.8. The molecule has 3 rings (SSSR count). The number of hydrogen-bond acceptors (Lipinski definition) is 5. The summed E-state index contributed by atoms with van der Waals surface area (Å²) in [4.78, 5) is 17.5. The second-order valence-corrected chi connectivity index (χ2v) is 4.67. The first-order chi connectivity index (χ1) is 9.83. The van der Waals surface area contributed by atoms with E-state index in [0.29, 0.717) is 0 Å². The molecule has 0 bridgehead atoms. The second-order valence-electron chi connectivity index (χ2n) is 4.67. The molecule has 1 aliphatic rings. The Morgan fingerprint density at radius 1 is 1.10 bits per heavy atom. The maximum Gasteiger partial charge on any atom is 0.246 e. The molecular formula is C13H16N6O. The quantitative estimate of drug-likeness (QED) is 0.788. The van der Waals surface area contributed by atoms with Crippen LogP contribution in [0.5, 0.6) is 0 Å². The van der Waals surface area contributed by atoms with Crippen LogP contribution in [0, 0.1) is 0 Å². The number of benzene rings is 1. The Kier molecular flexibility index (Phi) is 3.58. The van der Waals surface area contributed by atoms with Gasteiger partial charge in [0.25, 0.3) is 0 Å². The predicted octanol–water partition coefficient (Wildman–Crippen LogP) is 0.0219. The zero-order valence-electron chi connectivity index (χ0n) is 11.1. The van der Waals surface area contributed by atoms with E-state index >= 15 is 0 Å². The van der Waals surface area contributed by atoms with Crippen LogP contribution in [0.3, 0.4) is 0 Å². The molecule has 0 N–H and O–H groups in total. The fourth-order valence-electron chi connectivity index (χ4n) is 2.33. The molecule has 1 aromatic heterocycles. The third-order valence-corrected chi connectivity index (χ3v) is 3.42. The Morgan fingerprint density at radius 2 is 1.85 bits per heavy atom. The van der Waals surface area contributed by atoms with Gasteiger partial charge in [0, 0.05) is 31.9 Å². The number of amides is 1. The largest absolute Gasteiger partial charge is 0.368 e. The van der Waals surface area contributed by atoms with Crippen LogP contribution in [0.1, 0.15) is 0 Å². The lowest BCUT2D eigenvalue weighted by atomic mass is 10.2. The zero-order valence-corrected chi connectivity index (χ0v) is 11.1. The first kappa shape index (κ1) is 12.6. The molecule has 1 saturated heterocycles. The number of para-hydroxylation sites is 1. The maximum absolute atomic E-state index is 12.1. The van der Waals surface area contributed by atoms with Gasteiger partial charge in [-0.25, -0.2) is 0 Å². The van der Waals surface area contributed by atoms with Crippen LogP contribution < -0.4 is 4.90 Å². The number of tetrazole rings is 1. The molecule has 1 amide bonds. The summed E-state index contributed by atoms with van der Waals surface area (Å²) in [7, 11) is 0. The van der Waals surface area contributed by atoms with Crippen molar-refractivity contribution in [2.75, 3.05) is 31.1 Å². The fourth-order valence-corrected chi connectivity index (χ4v) is 2.33. The van der Waals surface area contributed by atoms with Crippen LogP contribution in [-0.2, 0) is 11.3 Å². The highest BCUT2D eigenvalue weighted by molar-refractivity contribution is 5.76. The van der Waals surface area contributed by atoms with E-state index in [4.69, 9.17) is 0 Å². The summed E-state index contributed by atoms with van der Waals surface area (Å²) >= 11 is 0. The average molecular weight is 272 g/mol. The van der Waals surface area contributed by atoms with Gasteiger partial charge in [0.15, 0.2) is 6.33 Å². The summed E-state index contributed by atoms with van der Waals surface area (Å²) in [6.07, 6.45) is 1.33. The number of anilines is 1. The number of nitrogens with zero attached hydrogens (tertiary/aromatic N) is 6. The molecule has 0 aliphatic carbocycles. The number of carbonyl (C=O) groups excluding carboxylic acids is 1. The lowest BCUT2D eigenvalue weighted by molar-refractivity contribution is -0.132. The highest BCUT2D eigenvalue weighted by Gasteiger charge is 2.21. The number of carbonyl (C=O) groups is 1. The maximum atomic E-state index is 12.1. The Balaban J connectivity index is 1.54. The van der Waals surface area contributed by atoms with E-state index in [1.165, 1.54) is 16.8 Å². The molecule has 0 atom stereocenters.